The first-order valence-corrected chi connectivity index (χ1v) is 6.28. The predicted octanol–water partition coefficient (Wildman–Crippen LogP) is 1.55. The fraction of sp³-hybridized carbons (Fsp3) is 0.385. The quantitative estimate of drug-likeness (QED) is 0.765. The van der Waals surface area contributed by atoms with E-state index in [4.69, 9.17) is 0 Å². The first kappa shape index (κ1) is 11.2. The SMILES string of the molecule is Cc1nc(-c2cccc(NC3CCNC3)c2)n[nH]1. The third kappa shape index (κ3) is 2.36. The first-order chi connectivity index (χ1) is 8.81. The van der Waals surface area contributed by atoms with E-state index in [1.54, 1.807) is 0 Å². The van der Waals surface area contributed by atoms with E-state index < -0.39 is 0 Å². The van der Waals surface area contributed by atoms with Crippen molar-refractivity contribution in [2.45, 2.75) is 19.4 Å². The second kappa shape index (κ2) is 4.78. The molecule has 1 saturated heterocycles. The van der Waals surface area contributed by atoms with Crippen LogP contribution in [-0.2, 0) is 0 Å². The van der Waals surface area contributed by atoms with Crippen molar-refractivity contribution in [2.75, 3.05) is 18.4 Å². The average Bonchev–Trinajstić information content (AvgIpc) is 3.01. The summed E-state index contributed by atoms with van der Waals surface area (Å²) in [7, 11) is 0. The van der Waals surface area contributed by atoms with Crippen LogP contribution < -0.4 is 10.6 Å². The molecule has 1 aliphatic heterocycles. The lowest BCUT2D eigenvalue weighted by Crippen LogP contribution is -2.21. The van der Waals surface area contributed by atoms with Crippen LogP contribution in [0.4, 0.5) is 5.69 Å². The number of benzene rings is 1. The summed E-state index contributed by atoms with van der Waals surface area (Å²) in [6.45, 7) is 4.03. The molecule has 0 bridgehead atoms. The van der Waals surface area contributed by atoms with Gasteiger partial charge < -0.3 is 10.6 Å². The number of nitrogens with zero attached hydrogens (tertiary/aromatic N) is 2. The molecular weight excluding hydrogens is 226 g/mol. The number of rotatable bonds is 3. The fourth-order valence-corrected chi connectivity index (χ4v) is 2.23. The molecule has 0 amide bonds. The highest BCUT2D eigenvalue weighted by Crippen LogP contribution is 2.20. The molecule has 1 unspecified atom stereocenters. The van der Waals surface area contributed by atoms with E-state index in [2.05, 4.69) is 37.9 Å². The fourth-order valence-electron chi connectivity index (χ4n) is 2.23. The smallest absolute Gasteiger partial charge is 0.181 e. The van der Waals surface area contributed by atoms with Crippen LogP contribution in [-0.4, -0.2) is 34.3 Å². The third-order valence-corrected chi connectivity index (χ3v) is 3.15. The Morgan fingerprint density at radius 2 is 2.33 bits per heavy atom. The Morgan fingerprint density at radius 3 is 3.06 bits per heavy atom. The second-order valence-corrected chi connectivity index (χ2v) is 4.66. The maximum absolute atomic E-state index is 4.35. The van der Waals surface area contributed by atoms with Crippen molar-refractivity contribution in [2.24, 2.45) is 0 Å². The minimum absolute atomic E-state index is 0.522. The minimum atomic E-state index is 0.522. The van der Waals surface area contributed by atoms with Gasteiger partial charge in [-0.2, -0.15) is 5.10 Å². The number of aromatic nitrogens is 3. The summed E-state index contributed by atoms with van der Waals surface area (Å²) in [5.74, 6) is 1.59. The zero-order valence-electron chi connectivity index (χ0n) is 10.4. The van der Waals surface area contributed by atoms with Crippen molar-refractivity contribution in [3.63, 3.8) is 0 Å². The Labute approximate surface area is 106 Å². The van der Waals surface area contributed by atoms with Crippen LogP contribution in [0, 0.1) is 6.92 Å². The highest BCUT2D eigenvalue weighted by atomic mass is 15.2. The molecule has 2 aromatic rings. The van der Waals surface area contributed by atoms with Crippen LogP contribution in [0.5, 0.6) is 0 Å². The normalized spacial score (nSPS) is 19.1. The van der Waals surface area contributed by atoms with E-state index >= 15 is 0 Å². The van der Waals surface area contributed by atoms with Gasteiger partial charge in [0.25, 0.3) is 0 Å². The number of aromatic amines is 1. The number of anilines is 1. The van der Waals surface area contributed by atoms with Crippen molar-refractivity contribution in [3.05, 3.63) is 30.1 Å². The van der Waals surface area contributed by atoms with Gasteiger partial charge in [-0.15, -0.1) is 0 Å². The predicted molar refractivity (Wildman–Crippen MR) is 71.5 cm³/mol. The Kier molecular flexibility index (Phi) is 2.98. The maximum atomic E-state index is 4.35. The van der Waals surface area contributed by atoms with Gasteiger partial charge >= 0.3 is 0 Å². The molecule has 1 atom stereocenters. The molecule has 1 fully saturated rings. The topological polar surface area (TPSA) is 65.6 Å². The monoisotopic (exact) mass is 243 g/mol. The number of hydrogen-bond acceptors (Lipinski definition) is 4. The number of aryl methyl sites for hydroxylation is 1. The lowest BCUT2D eigenvalue weighted by Gasteiger charge is -2.13. The van der Waals surface area contributed by atoms with Gasteiger partial charge in [-0.1, -0.05) is 12.1 Å². The summed E-state index contributed by atoms with van der Waals surface area (Å²) in [5, 5.41) is 13.9. The highest BCUT2D eigenvalue weighted by Gasteiger charge is 2.14. The lowest BCUT2D eigenvalue weighted by molar-refractivity contribution is 0.793. The zero-order valence-corrected chi connectivity index (χ0v) is 10.4. The average molecular weight is 243 g/mol. The minimum Gasteiger partial charge on any atom is -0.381 e. The van der Waals surface area contributed by atoms with Crippen molar-refractivity contribution in [3.8, 4) is 11.4 Å². The maximum Gasteiger partial charge on any atom is 0.181 e. The summed E-state index contributed by atoms with van der Waals surface area (Å²) >= 11 is 0. The summed E-state index contributed by atoms with van der Waals surface area (Å²) in [5.41, 5.74) is 2.17. The Morgan fingerprint density at radius 1 is 1.39 bits per heavy atom. The molecule has 0 radical (unpaired) electrons. The van der Waals surface area contributed by atoms with Crippen LogP contribution in [0.15, 0.2) is 24.3 Å². The molecule has 5 heteroatoms. The molecule has 3 rings (SSSR count). The third-order valence-electron chi connectivity index (χ3n) is 3.15. The standard InChI is InChI=1S/C13H17N5/c1-9-15-13(18-17-9)10-3-2-4-11(7-10)16-12-5-6-14-8-12/h2-4,7,12,14,16H,5-6,8H2,1H3,(H,15,17,18). The van der Waals surface area contributed by atoms with E-state index in [1.165, 1.54) is 6.42 Å². The molecule has 5 nitrogen and oxygen atoms in total. The van der Waals surface area contributed by atoms with Crippen molar-refractivity contribution in [1.82, 2.24) is 20.5 Å². The van der Waals surface area contributed by atoms with Gasteiger partial charge in [0, 0.05) is 23.8 Å². The summed E-state index contributed by atoms with van der Waals surface area (Å²) in [6.07, 6.45) is 1.17. The van der Waals surface area contributed by atoms with Crippen LogP contribution in [0.3, 0.4) is 0 Å². The number of nitrogens with one attached hydrogen (secondary N) is 3. The molecule has 18 heavy (non-hydrogen) atoms. The molecule has 2 heterocycles. The molecule has 0 aliphatic carbocycles. The second-order valence-electron chi connectivity index (χ2n) is 4.66. The Bertz CT molecular complexity index is 528. The lowest BCUT2D eigenvalue weighted by atomic mass is 10.1. The van der Waals surface area contributed by atoms with Gasteiger partial charge in [-0.25, -0.2) is 4.98 Å². The molecule has 1 aromatic carbocycles. The van der Waals surface area contributed by atoms with Crippen LogP contribution in [0.2, 0.25) is 0 Å². The molecule has 1 aromatic heterocycles. The van der Waals surface area contributed by atoms with Gasteiger partial charge in [0.05, 0.1) is 0 Å². The van der Waals surface area contributed by atoms with Crippen LogP contribution in [0.1, 0.15) is 12.2 Å². The molecular formula is C13H17N5. The molecule has 1 aliphatic rings. The van der Waals surface area contributed by atoms with Gasteiger partial charge in [-0.3, -0.25) is 5.10 Å². The molecule has 3 N–H and O–H groups in total. The number of H-pyrrole nitrogens is 1. The van der Waals surface area contributed by atoms with E-state index in [0.29, 0.717) is 6.04 Å². The Hall–Kier alpha value is -1.88. The van der Waals surface area contributed by atoms with Gasteiger partial charge in [-0.05, 0) is 32.0 Å². The summed E-state index contributed by atoms with van der Waals surface area (Å²) in [6, 6.07) is 8.77. The van der Waals surface area contributed by atoms with E-state index in [0.717, 1.165) is 36.0 Å². The van der Waals surface area contributed by atoms with Gasteiger partial charge in [0.2, 0.25) is 0 Å². The van der Waals surface area contributed by atoms with E-state index in [1.807, 2.05) is 19.1 Å². The van der Waals surface area contributed by atoms with Crippen molar-refractivity contribution in [1.29, 1.82) is 0 Å². The zero-order chi connectivity index (χ0) is 12.4. The highest BCUT2D eigenvalue weighted by molar-refractivity contribution is 5.62. The molecule has 0 saturated carbocycles. The molecule has 0 spiro atoms. The van der Waals surface area contributed by atoms with Gasteiger partial charge in [0.15, 0.2) is 5.82 Å². The van der Waals surface area contributed by atoms with Crippen LogP contribution >= 0.6 is 0 Å². The number of hydrogen-bond donors (Lipinski definition) is 3. The van der Waals surface area contributed by atoms with Crippen molar-refractivity contribution >= 4 is 5.69 Å². The van der Waals surface area contributed by atoms with E-state index in [-0.39, 0.29) is 0 Å². The van der Waals surface area contributed by atoms with Gasteiger partial charge in [0.1, 0.15) is 5.82 Å². The summed E-state index contributed by atoms with van der Waals surface area (Å²) < 4.78 is 0. The van der Waals surface area contributed by atoms with E-state index in [9.17, 15) is 0 Å². The van der Waals surface area contributed by atoms with Crippen LogP contribution in [0.25, 0.3) is 11.4 Å². The summed E-state index contributed by atoms with van der Waals surface area (Å²) in [4.78, 5) is 4.35. The van der Waals surface area contributed by atoms with Crippen molar-refractivity contribution < 1.29 is 0 Å². The first-order valence-electron chi connectivity index (χ1n) is 6.28. The molecule has 94 valence electrons. The largest absolute Gasteiger partial charge is 0.381 e. The Balaban J connectivity index is 1.80.